The fraction of sp³-hybridized carbons (Fsp3) is 0.235. The largest absolute Gasteiger partial charge is 0.378 e. The lowest BCUT2D eigenvalue weighted by atomic mass is 10.2. The van der Waals surface area contributed by atoms with Crippen molar-refractivity contribution in [2.45, 2.75) is 26.9 Å². The van der Waals surface area contributed by atoms with Crippen molar-refractivity contribution in [1.82, 2.24) is 9.55 Å². The Hall–Kier alpha value is -2.00. The minimum absolute atomic E-state index is 0.682. The van der Waals surface area contributed by atoms with Crippen LogP contribution in [-0.4, -0.2) is 9.55 Å². The number of anilines is 1. The molecule has 0 fully saturated rings. The highest BCUT2D eigenvalue weighted by atomic mass is 35.5. The van der Waals surface area contributed by atoms with Gasteiger partial charge in [0.25, 0.3) is 0 Å². The minimum Gasteiger partial charge on any atom is -0.378 e. The van der Waals surface area contributed by atoms with Crippen LogP contribution in [0.3, 0.4) is 0 Å². The number of aryl methyl sites for hydroxylation is 2. The molecule has 3 nitrogen and oxygen atoms in total. The van der Waals surface area contributed by atoms with Crippen LogP contribution >= 0.6 is 11.6 Å². The third-order valence-electron chi connectivity index (χ3n) is 3.61. The van der Waals surface area contributed by atoms with E-state index in [0.717, 1.165) is 34.1 Å². The van der Waals surface area contributed by atoms with Crippen molar-refractivity contribution < 1.29 is 0 Å². The van der Waals surface area contributed by atoms with Gasteiger partial charge in [-0.3, -0.25) is 0 Å². The molecule has 0 spiro atoms. The highest BCUT2D eigenvalue weighted by Gasteiger charge is 2.11. The van der Waals surface area contributed by atoms with Crippen LogP contribution in [0.1, 0.15) is 18.3 Å². The van der Waals surface area contributed by atoms with Gasteiger partial charge in [-0.2, -0.15) is 0 Å². The molecule has 0 amide bonds. The second-order valence-corrected chi connectivity index (χ2v) is 5.51. The van der Waals surface area contributed by atoms with Gasteiger partial charge in [-0.05, 0) is 38.1 Å². The Morgan fingerprint density at radius 2 is 1.90 bits per heavy atom. The maximum absolute atomic E-state index is 6.31. The molecule has 0 atom stereocenters. The highest BCUT2D eigenvalue weighted by molar-refractivity contribution is 6.35. The number of halogens is 1. The number of nitrogens with zero attached hydrogens (tertiary/aromatic N) is 2. The van der Waals surface area contributed by atoms with Gasteiger partial charge in [0.15, 0.2) is 0 Å². The number of aromatic nitrogens is 2. The van der Waals surface area contributed by atoms with Crippen LogP contribution in [-0.2, 0) is 13.1 Å². The summed E-state index contributed by atoms with van der Waals surface area (Å²) in [6, 6.07) is 14.2. The number of fused-ring (bicyclic) bond motifs is 1. The van der Waals surface area contributed by atoms with E-state index in [1.54, 1.807) is 0 Å². The second-order valence-electron chi connectivity index (χ2n) is 5.10. The van der Waals surface area contributed by atoms with Gasteiger partial charge < -0.3 is 9.88 Å². The molecular formula is C17H18ClN3. The lowest BCUT2D eigenvalue weighted by molar-refractivity contribution is 0.729. The quantitative estimate of drug-likeness (QED) is 0.761. The van der Waals surface area contributed by atoms with E-state index in [1.165, 1.54) is 5.56 Å². The average Bonchev–Trinajstić information content (AvgIpc) is 2.85. The molecule has 0 aliphatic heterocycles. The normalized spacial score (nSPS) is 11.0. The van der Waals surface area contributed by atoms with Crippen molar-refractivity contribution in [3.63, 3.8) is 0 Å². The fourth-order valence-corrected chi connectivity index (χ4v) is 2.79. The molecular weight excluding hydrogens is 282 g/mol. The van der Waals surface area contributed by atoms with Crippen molar-refractivity contribution in [2.24, 2.45) is 0 Å². The van der Waals surface area contributed by atoms with Crippen molar-refractivity contribution in [2.75, 3.05) is 5.32 Å². The van der Waals surface area contributed by atoms with Crippen molar-refractivity contribution in [3.05, 3.63) is 58.9 Å². The lowest BCUT2D eigenvalue weighted by Crippen LogP contribution is -2.08. The zero-order valence-electron chi connectivity index (χ0n) is 12.2. The van der Waals surface area contributed by atoms with E-state index in [9.17, 15) is 0 Å². The van der Waals surface area contributed by atoms with Crippen molar-refractivity contribution in [1.29, 1.82) is 0 Å². The van der Waals surface area contributed by atoms with Crippen molar-refractivity contribution >= 4 is 28.3 Å². The molecule has 21 heavy (non-hydrogen) atoms. The van der Waals surface area contributed by atoms with Crippen molar-refractivity contribution in [3.8, 4) is 0 Å². The number of benzene rings is 2. The first-order chi connectivity index (χ1) is 10.2. The van der Waals surface area contributed by atoms with Gasteiger partial charge in [0.05, 0.1) is 22.6 Å². The summed E-state index contributed by atoms with van der Waals surface area (Å²) in [4.78, 5) is 4.69. The van der Waals surface area contributed by atoms with Gasteiger partial charge >= 0.3 is 0 Å². The molecule has 2 aromatic carbocycles. The SMILES string of the molecule is CCn1c(CNc2ccc(C)cc2)nc2cccc(Cl)c21. The number of nitrogens with one attached hydrogen (secondary N) is 1. The monoisotopic (exact) mass is 299 g/mol. The number of hydrogen-bond donors (Lipinski definition) is 1. The summed E-state index contributed by atoms with van der Waals surface area (Å²) in [6.45, 7) is 5.73. The number of rotatable bonds is 4. The molecule has 3 rings (SSSR count). The molecule has 0 radical (unpaired) electrons. The third kappa shape index (κ3) is 2.74. The van der Waals surface area contributed by atoms with Crippen LogP contribution < -0.4 is 5.32 Å². The summed E-state index contributed by atoms with van der Waals surface area (Å²) in [5.41, 5.74) is 4.32. The maximum Gasteiger partial charge on any atom is 0.129 e. The second kappa shape index (κ2) is 5.78. The summed E-state index contributed by atoms with van der Waals surface area (Å²) in [6.07, 6.45) is 0. The molecule has 0 saturated heterocycles. The average molecular weight is 300 g/mol. The number of hydrogen-bond acceptors (Lipinski definition) is 2. The van der Waals surface area contributed by atoms with Gasteiger partial charge in [0, 0.05) is 12.2 Å². The van der Waals surface area contributed by atoms with Gasteiger partial charge in [-0.15, -0.1) is 0 Å². The maximum atomic E-state index is 6.31. The highest BCUT2D eigenvalue weighted by Crippen LogP contribution is 2.25. The standard InChI is InChI=1S/C17H18ClN3/c1-3-21-16(11-19-13-9-7-12(2)8-10-13)20-15-6-4-5-14(18)17(15)21/h4-10,19H,3,11H2,1-2H3. The summed E-state index contributed by atoms with van der Waals surface area (Å²) in [5, 5.41) is 4.17. The smallest absolute Gasteiger partial charge is 0.129 e. The zero-order valence-corrected chi connectivity index (χ0v) is 13.0. The van der Waals surface area contributed by atoms with E-state index < -0.39 is 0 Å². The summed E-state index contributed by atoms with van der Waals surface area (Å²) >= 11 is 6.31. The summed E-state index contributed by atoms with van der Waals surface area (Å²) in [7, 11) is 0. The molecule has 108 valence electrons. The molecule has 0 unspecified atom stereocenters. The lowest BCUT2D eigenvalue weighted by Gasteiger charge is -2.09. The summed E-state index contributed by atoms with van der Waals surface area (Å²) < 4.78 is 2.17. The van der Waals surface area contributed by atoms with Gasteiger partial charge in [0.2, 0.25) is 0 Å². The Labute approximate surface area is 129 Å². The van der Waals surface area contributed by atoms with Gasteiger partial charge in [-0.1, -0.05) is 35.4 Å². The topological polar surface area (TPSA) is 29.9 Å². The van der Waals surface area contributed by atoms with Gasteiger partial charge in [0.1, 0.15) is 5.82 Å². The molecule has 4 heteroatoms. The molecule has 1 aromatic heterocycles. The van der Waals surface area contributed by atoms with E-state index >= 15 is 0 Å². The van der Waals surface area contributed by atoms with E-state index in [2.05, 4.69) is 48.0 Å². The molecule has 0 saturated carbocycles. The van der Waals surface area contributed by atoms with Crippen LogP contribution in [0.25, 0.3) is 11.0 Å². The van der Waals surface area contributed by atoms with E-state index in [0.29, 0.717) is 6.54 Å². The molecule has 1 heterocycles. The molecule has 0 aliphatic rings. The first-order valence-electron chi connectivity index (χ1n) is 7.13. The number of imidazole rings is 1. The first kappa shape index (κ1) is 14.0. The van der Waals surface area contributed by atoms with E-state index in [1.807, 2.05) is 18.2 Å². The molecule has 3 aromatic rings. The van der Waals surface area contributed by atoms with Crippen LogP contribution in [0.4, 0.5) is 5.69 Å². The first-order valence-corrected chi connectivity index (χ1v) is 7.51. The van der Waals surface area contributed by atoms with Crippen LogP contribution in [0, 0.1) is 6.92 Å². The van der Waals surface area contributed by atoms with Crippen LogP contribution in [0.2, 0.25) is 5.02 Å². The molecule has 0 bridgehead atoms. The zero-order chi connectivity index (χ0) is 14.8. The van der Waals surface area contributed by atoms with E-state index in [4.69, 9.17) is 16.6 Å². The van der Waals surface area contributed by atoms with Crippen LogP contribution in [0.15, 0.2) is 42.5 Å². The van der Waals surface area contributed by atoms with Gasteiger partial charge in [-0.25, -0.2) is 4.98 Å². The third-order valence-corrected chi connectivity index (χ3v) is 3.92. The predicted molar refractivity (Wildman–Crippen MR) is 88.9 cm³/mol. The predicted octanol–water partition coefficient (Wildman–Crippen LogP) is 4.63. The Balaban J connectivity index is 1.90. The fourth-order valence-electron chi connectivity index (χ4n) is 2.52. The number of para-hydroxylation sites is 1. The Bertz CT molecular complexity index is 760. The molecule has 0 aliphatic carbocycles. The van der Waals surface area contributed by atoms with E-state index in [-0.39, 0.29) is 0 Å². The van der Waals surface area contributed by atoms with Crippen LogP contribution in [0.5, 0.6) is 0 Å². The Morgan fingerprint density at radius 3 is 2.62 bits per heavy atom. The Kier molecular flexibility index (Phi) is 3.84. The Morgan fingerprint density at radius 1 is 1.14 bits per heavy atom. The summed E-state index contributed by atoms with van der Waals surface area (Å²) in [5.74, 6) is 1.00. The molecule has 1 N–H and O–H groups in total. The minimum atomic E-state index is 0.682.